The largest absolute Gasteiger partial charge is 0.476 e. The van der Waals surface area contributed by atoms with Gasteiger partial charge < -0.3 is 9.84 Å². The second kappa shape index (κ2) is 5.00. The van der Waals surface area contributed by atoms with Gasteiger partial charge in [-0.05, 0) is 34.5 Å². The van der Waals surface area contributed by atoms with Gasteiger partial charge in [-0.3, -0.25) is 4.79 Å². The molecule has 0 spiro atoms. The number of fused-ring (bicyclic) bond motifs is 1. The summed E-state index contributed by atoms with van der Waals surface area (Å²) in [6.45, 7) is 3.00. The van der Waals surface area contributed by atoms with Crippen LogP contribution in [-0.2, 0) is 16.1 Å². The van der Waals surface area contributed by atoms with Crippen LogP contribution in [0.25, 0.3) is 5.52 Å². The molecule has 0 aliphatic carbocycles. The van der Waals surface area contributed by atoms with Crippen molar-refractivity contribution in [2.24, 2.45) is 0 Å². The molecule has 0 saturated heterocycles. The smallest absolute Gasteiger partial charge is 0.356 e. The van der Waals surface area contributed by atoms with Crippen molar-refractivity contribution in [3.63, 3.8) is 0 Å². The van der Waals surface area contributed by atoms with E-state index in [0.29, 0.717) is 11.1 Å². The highest BCUT2D eigenvalue weighted by atomic mass is 79.9. The number of carboxylic acids is 1. The normalized spacial score (nSPS) is 10.7. The van der Waals surface area contributed by atoms with Gasteiger partial charge in [-0.2, -0.15) is 5.10 Å². The number of hydrogen-bond acceptors (Lipinski definition) is 4. The molecule has 7 heteroatoms. The minimum absolute atomic E-state index is 0.108. The number of aromatic nitrogens is 2. The van der Waals surface area contributed by atoms with Gasteiger partial charge in [-0.25, -0.2) is 9.31 Å². The number of pyridine rings is 1. The molecule has 0 radical (unpaired) electrons. The van der Waals surface area contributed by atoms with E-state index in [9.17, 15) is 9.59 Å². The fraction of sp³-hybridized carbons (Fsp3) is 0.250. The molecule has 0 aliphatic rings. The standard InChI is InChI=1S/C12H11BrN2O4/c1-6-3-8(13)4-15-11(6)9(5-19-7(2)16)10(14-15)12(17)18/h3-4H,5H2,1-2H3,(H,17,18). The summed E-state index contributed by atoms with van der Waals surface area (Å²) in [6, 6.07) is 1.85. The Morgan fingerprint density at radius 1 is 1.53 bits per heavy atom. The summed E-state index contributed by atoms with van der Waals surface area (Å²) in [7, 11) is 0. The molecule has 100 valence electrons. The Kier molecular flexibility index (Phi) is 3.57. The Bertz CT molecular complexity index is 678. The predicted molar refractivity (Wildman–Crippen MR) is 70.1 cm³/mol. The minimum atomic E-state index is -1.15. The lowest BCUT2D eigenvalue weighted by Gasteiger charge is -2.04. The molecule has 2 aromatic rings. The number of aromatic carboxylic acids is 1. The lowest BCUT2D eigenvalue weighted by molar-refractivity contribution is -0.142. The van der Waals surface area contributed by atoms with Crippen LogP contribution >= 0.6 is 15.9 Å². The highest BCUT2D eigenvalue weighted by Gasteiger charge is 2.21. The zero-order valence-corrected chi connectivity index (χ0v) is 11.9. The molecule has 2 aromatic heterocycles. The molecule has 0 saturated carbocycles. The Labute approximate surface area is 117 Å². The first-order valence-corrected chi connectivity index (χ1v) is 6.23. The second-order valence-electron chi connectivity index (χ2n) is 4.05. The van der Waals surface area contributed by atoms with Gasteiger partial charge in [-0.1, -0.05) is 0 Å². The van der Waals surface area contributed by atoms with E-state index >= 15 is 0 Å². The molecule has 0 unspecified atom stereocenters. The fourth-order valence-electron chi connectivity index (χ4n) is 1.89. The highest BCUT2D eigenvalue weighted by molar-refractivity contribution is 9.10. The van der Waals surface area contributed by atoms with E-state index in [2.05, 4.69) is 21.0 Å². The molecule has 1 N–H and O–H groups in total. The number of ether oxygens (including phenoxy) is 1. The Morgan fingerprint density at radius 3 is 2.79 bits per heavy atom. The van der Waals surface area contributed by atoms with Gasteiger partial charge in [0.2, 0.25) is 0 Å². The Hall–Kier alpha value is -1.89. The van der Waals surface area contributed by atoms with Gasteiger partial charge in [0.15, 0.2) is 5.69 Å². The van der Waals surface area contributed by atoms with Gasteiger partial charge in [0, 0.05) is 17.6 Å². The van der Waals surface area contributed by atoms with Crippen LogP contribution in [0.4, 0.5) is 0 Å². The molecular formula is C12H11BrN2O4. The molecule has 2 heterocycles. The fourth-order valence-corrected chi connectivity index (χ4v) is 2.43. The van der Waals surface area contributed by atoms with Crippen LogP contribution in [0.2, 0.25) is 0 Å². The summed E-state index contributed by atoms with van der Waals surface area (Å²) in [5, 5.41) is 13.2. The summed E-state index contributed by atoms with van der Waals surface area (Å²) in [5.41, 5.74) is 1.77. The first kappa shape index (κ1) is 13.5. The molecule has 0 aromatic carbocycles. The highest BCUT2D eigenvalue weighted by Crippen LogP contribution is 2.24. The van der Waals surface area contributed by atoms with Crippen molar-refractivity contribution in [1.29, 1.82) is 0 Å². The van der Waals surface area contributed by atoms with E-state index in [1.54, 1.807) is 6.20 Å². The van der Waals surface area contributed by atoms with Gasteiger partial charge >= 0.3 is 11.9 Å². The van der Waals surface area contributed by atoms with Crippen molar-refractivity contribution in [3.8, 4) is 0 Å². The van der Waals surface area contributed by atoms with Gasteiger partial charge in [0.1, 0.15) is 6.61 Å². The third-order valence-corrected chi connectivity index (χ3v) is 3.04. The maximum absolute atomic E-state index is 11.2. The summed E-state index contributed by atoms with van der Waals surface area (Å²) in [5.74, 6) is -1.62. The van der Waals surface area contributed by atoms with Crippen LogP contribution in [0.1, 0.15) is 28.5 Å². The summed E-state index contributed by atoms with van der Waals surface area (Å²) >= 11 is 3.32. The monoisotopic (exact) mass is 326 g/mol. The molecule has 19 heavy (non-hydrogen) atoms. The van der Waals surface area contributed by atoms with Crippen LogP contribution in [0, 0.1) is 6.92 Å². The predicted octanol–water partition coefficient (Wildman–Crippen LogP) is 2.17. The number of carboxylic acid groups (broad SMARTS) is 1. The van der Waals surface area contributed by atoms with E-state index in [1.165, 1.54) is 11.4 Å². The summed E-state index contributed by atoms with van der Waals surface area (Å²) in [4.78, 5) is 22.1. The van der Waals surface area contributed by atoms with E-state index in [4.69, 9.17) is 9.84 Å². The molecule has 0 fully saturated rings. The van der Waals surface area contributed by atoms with Crippen LogP contribution < -0.4 is 0 Å². The van der Waals surface area contributed by atoms with Gasteiger partial charge in [0.05, 0.1) is 11.1 Å². The molecule has 2 rings (SSSR count). The topological polar surface area (TPSA) is 80.9 Å². The van der Waals surface area contributed by atoms with Gasteiger partial charge in [0.25, 0.3) is 0 Å². The van der Waals surface area contributed by atoms with Crippen molar-refractivity contribution >= 4 is 33.4 Å². The van der Waals surface area contributed by atoms with Crippen molar-refractivity contribution in [2.45, 2.75) is 20.5 Å². The number of carbonyl (C=O) groups excluding carboxylic acids is 1. The number of esters is 1. The third-order valence-electron chi connectivity index (χ3n) is 2.60. The molecular weight excluding hydrogens is 316 g/mol. The second-order valence-corrected chi connectivity index (χ2v) is 4.96. The third kappa shape index (κ3) is 2.60. The molecule has 6 nitrogen and oxygen atoms in total. The van der Waals surface area contributed by atoms with Crippen LogP contribution in [-0.4, -0.2) is 26.7 Å². The van der Waals surface area contributed by atoms with E-state index in [-0.39, 0.29) is 12.3 Å². The van der Waals surface area contributed by atoms with Gasteiger partial charge in [-0.15, -0.1) is 0 Å². The summed E-state index contributed by atoms with van der Waals surface area (Å²) < 4.78 is 7.16. The van der Waals surface area contributed by atoms with Crippen molar-refractivity contribution in [3.05, 3.63) is 33.6 Å². The molecule has 0 amide bonds. The molecule has 0 bridgehead atoms. The zero-order chi connectivity index (χ0) is 14.2. The Balaban J connectivity index is 2.65. The number of carbonyl (C=O) groups is 2. The first-order valence-electron chi connectivity index (χ1n) is 5.44. The number of nitrogens with zero attached hydrogens (tertiary/aromatic N) is 2. The SMILES string of the molecule is CC(=O)OCc1c(C(=O)O)nn2cc(Br)cc(C)c12. The van der Waals surface area contributed by atoms with Crippen LogP contribution in [0.5, 0.6) is 0 Å². The maximum atomic E-state index is 11.2. The number of rotatable bonds is 3. The van der Waals surface area contributed by atoms with E-state index in [0.717, 1.165) is 10.0 Å². The number of aryl methyl sites for hydroxylation is 1. The quantitative estimate of drug-likeness (QED) is 0.874. The van der Waals surface area contributed by atoms with Crippen molar-refractivity contribution < 1.29 is 19.4 Å². The minimum Gasteiger partial charge on any atom is -0.476 e. The number of hydrogen-bond donors (Lipinski definition) is 1. The van der Waals surface area contributed by atoms with Crippen molar-refractivity contribution in [1.82, 2.24) is 9.61 Å². The average molecular weight is 327 g/mol. The van der Waals surface area contributed by atoms with Crippen LogP contribution in [0.15, 0.2) is 16.7 Å². The Morgan fingerprint density at radius 2 is 2.21 bits per heavy atom. The molecule has 0 aliphatic heterocycles. The molecule has 0 atom stereocenters. The van der Waals surface area contributed by atoms with Crippen molar-refractivity contribution in [2.75, 3.05) is 0 Å². The average Bonchev–Trinajstić information content (AvgIpc) is 2.64. The number of halogens is 1. The maximum Gasteiger partial charge on any atom is 0.356 e. The summed E-state index contributed by atoms with van der Waals surface area (Å²) in [6.07, 6.45) is 1.66. The first-order chi connectivity index (χ1) is 8.90. The lowest BCUT2D eigenvalue weighted by atomic mass is 10.1. The zero-order valence-electron chi connectivity index (χ0n) is 10.3. The van der Waals surface area contributed by atoms with Crippen LogP contribution in [0.3, 0.4) is 0 Å². The van der Waals surface area contributed by atoms with E-state index in [1.807, 2.05) is 13.0 Å². The lowest BCUT2D eigenvalue weighted by Crippen LogP contribution is -2.05. The van der Waals surface area contributed by atoms with E-state index < -0.39 is 11.9 Å².